The van der Waals surface area contributed by atoms with E-state index in [0.717, 1.165) is 50.2 Å². The Hall–Kier alpha value is -2.37. The van der Waals surface area contributed by atoms with Gasteiger partial charge in [0, 0.05) is 41.4 Å². The molecular formula is C26H32FN3O. The van der Waals surface area contributed by atoms with Crippen LogP contribution in [0.4, 0.5) is 4.39 Å². The van der Waals surface area contributed by atoms with Crippen LogP contribution in [0.15, 0.2) is 54.9 Å². The number of ether oxygens (including phenoxy) is 1. The zero-order valence-corrected chi connectivity index (χ0v) is 18.8. The van der Waals surface area contributed by atoms with Crippen LogP contribution in [0.25, 0.3) is 10.9 Å². The maximum atomic E-state index is 13.2. The van der Waals surface area contributed by atoms with Gasteiger partial charge in [-0.1, -0.05) is 18.2 Å². The summed E-state index contributed by atoms with van der Waals surface area (Å²) in [5.41, 5.74) is 3.15. The van der Waals surface area contributed by atoms with Crippen molar-refractivity contribution in [3.05, 3.63) is 71.9 Å². The molecule has 1 atom stereocenters. The third-order valence-electron chi connectivity index (χ3n) is 6.84. The molecule has 0 N–H and O–H groups in total. The van der Waals surface area contributed by atoms with E-state index in [-0.39, 0.29) is 16.8 Å². The molecule has 4 nitrogen and oxygen atoms in total. The lowest BCUT2D eigenvalue weighted by Gasteiger charge is -2.38. The molecule has 0 spiro atoms. The summed E-state index contributed by atoms with van der Waals surface area (Å²) in [5.74, 6) is -0.287. The molecule has 0 bridgehead atoms. The van der Waals surface area contributed by atoms with Gasteiger partial charge in [-0.15, -0.1) is 0 Å². The van der Waals surface area contributed by atoms with Gasteiger partial charge in [-0.25, -0.2) is 4.39 Å². The zero-order chi connectivity index (χ0) is 21.9. The van der Waals surface area contributed by atoms with Crippen molar-refractivity contribution in [1.82, 2.24) is 14.9 Å². The van der Waals surface area contributed by atoms with E-state index in [1.165, 1.54) is 23.2 Å². The van der Waals surface area contributed by atoms with Gasteiger partial charge in [0.1, 0.15) is 5.82 Å². The first kappa shape index (κ1) is 21.8. The van der Waals surface area contributed by atoms with E-state index in [2.05, 4.69) is 48.0 Å². The number of rotatable bonds is 8. The third kappa shape index (κ3) is 4.78. The average molecular weight is 422 g/mol. The van der Waals surface area contributed by atoms with Gasteiger partial charge < -0.3 is 4.74 Å². The van der Waals surface area contributed by atoms with Crippen molar-refractivity contribution < 1.29 is 9.13 Å². The van der Waals surface area contributed by atoms with Gasteiger partial charge in [0.15, 0.2) is 0 Å². The van der Waals surface area contributed by atoms with E-state index in [4.69, 9.17) is 9.72 Å². The monoisotopic (exact) mass is 421 g/mol. The number of fused-ring (bicyclic) bond motifs is 1. The molecule has 0 saturated carbocycles. The number of halogens is 1. The fourth-order valence-corrected chi connectivity index (χ4v) is 4.66. The largest absolute Gasteiger partial charge is 0.381 e. The maximum Gasteiger partial charge on any atom is 0.141 e. The summed E-state index contributed by atoms with van der Waals surface area (Å²) in [6.45, 7) is 10.1. The lowest BCUT2D eigenvalue weighted by atomic mass is 9.82. The number of para-hydroxylation sites is 1. The van der Waals surface area contributed by atoms with Gasteiger partial charge in [0.2, 0.25) is 0 Å². The topological polar surface area (TPSA) is 38.2 Å². The minimum Gasteiger partial charge on any atom is -0.381 e. The van der Waals surface area contributed by atoms with Crippen LogP contribution >= 0.6 is 0 Å². The van der Waals surface area contributed by atoms with Gasteiger partial charge in [-0.2, -0.15) is 0 Å². The summed E-state index contributed by atoms with van der Waals surface area (Å²) < 4.78 is 19.1. The number of nitrogens with zero attached hydrogens (tertiary/aromatic N) is 3. The Labute approximate surface area is 184 Å². The molecule has 0 amide bonds. The van der Waals surface area contributed by atoms with Crippen LogP contribution in [0.3, 0.4) is 0 Å². The normalized spacial score (nSPS) is 19.9. The van der Waals surface area contributed by atoms with Crippen molar-refractivity contribution in [2.45, 2.75) is 45.6 Å². The van der Waals surface area contributed by atoms with Crippen molar-refractivity contribution in [3.63, 3.8) is 0 Å². The molecule has 1 aliphatic heterocycles. The van der Waals surface area contributed by atoms with Gasteiger partial charge in [0.05, 0.1) is 18.3 Å². The number of pyridine rings is 2. The summed E-state index contributed by atoms with van der Waals surface area (Å²) >= 11 is 0. The molecule has 5 heteroatoms. The molecule has 164 valence electrons. The number of hydrogen-bond acceptors (Lipinski definition) is 4. The molecule has 0 unspecified atom stereocenters. The molecule has 1 saturated heterocycles. The van der Waals surface area contributed by atoms with Gasteiger partial charge >= 0.3 is 0 Å². The summed E-state index contributed by atoms with van der Waals surface area (Å²) in [7, 11) is 0. The second kappa shape index (κ2) is 9.01. The summed E-state index contributed by atoms with van der Waals surface area (Å²) in [6, 6.07) is 13.8. The van der Waals surface area contributed by atoms with Crippen LogP contribution in [-0.2, 0) is 16.7 Å². The van der Waals surface area contributed by atoms with Crippen molar-refractivity contribution >= 4 is 10.9 Å². The highest BCUT2D eigenvalue weighted by atomic mass is 19.1. The van der Waals surface area contributed by atoms with E-state index in [9.17, 15) is 4.39 Å². The Morgan fingerprint density at radius 1 is 1.13 bits per heavy atom. The standard InChI is InChI=1S/C26H32FN3O/c1-4-31-19-26(12-11-23-10-9-22(27)17-28-23)13-14-30(18-26)25(2,3)21-15-20-7-5-6-8-24(20)29-16-21/h5-10,15-17H,4,11-14,18-19H2,1-3H3/t26-/m0/s1. The average Bonchev–Trinajstić information content (AvgIpc) is 3.22. The Morgan fingerprint density at radius 3 is 2.74 bits per heavy atom. The van der Waals surface area contributed by atoms with Crippen LogP contribution in [0.1, 0.15) is 44.9 Å². The van der Waals surface area contributed by atoms with Crippen LogP contribution in [0.2, 0.25) is 0 Å². The minimum absolute atomic E-state index is 0.0770. The van der Waals surface area contributed by atoms with Crippen LogP contribution in [-0.4, -0.2) is 41.2 Å². The first-order valence-corrected chi connectivity index (χ1v) is 11.2. The predicted octanol–water partition coefficient (Wildman–Crippen LogP) is 5.37. The molecule has 3 aromatic rings. The van der Waals surface area contributed by atoms with E-state index < -0.39 is 0 Å². The van der Waals surface area contributed by atoms with E-state index >= 15 is 0 Å². The number of likely N-dealkylation sites (tertiary alicyclic amines) is 1. The third-order valence-corrected chi connectivity index (χ3v) is 6.84. The van der Waals surface area contributed by atoms with Gasteiger partial charge in [-0.3, -0.25) is 14.9 Å². The molecule has 0 aliphatic carbocycles. The molecule has 31 heavy (non-hydrogen) atoms. The lowest BCUT2D eigenvalue weighted by Crippen LogP contribution is -2.42. The number of aryl methyl sites for hydroxylation is 1. The Bertz CT molecular complexity index is 1020. The summed E-state index contributed by atoms with van der Waals surface area (Å²) in [6.07, 6.45) is 6.22. The smallest absolute Gasteiger partial charge is 0.141 e. The van der Waals surface area contributed by atoms with E-state index in [0.29, 0.717) is 6.61 Å². The number of aromatic nitrogens is 2. The molecule has 1 aliphatic rings. The quantitative estimate of drug-likeness (QED) is 0.490. The van der Waals surface area contributed by atoms with E-state index in [1.54, 1.807) is 6.07 Å². The van der Waals surface area contributed by atoms with Crippen molar-refractivity contribution in [1.29, 1.82) is 0 Å². The molecular weight excluding hydrogens is 389 g/mol. The second-order valence-corrected chi connectivity index (χ2v) is 9.25. The summed E-state index contributed by atoms with van der Waals surface area (Å²) in [4.78, 5) is 11.5. The van der Waals surface area contributed by atoms with Crippen LogP contribution in [0.5, 0.6) is 0 Å². The molecule has 2 aromatic heterocycles. The SMILES string of the molecule is CCOC[C@@]1(CCc2ccc(F)cn2)CCN(C(C)(C)c2cnc3ccccc3c2)C1. The first-order chi connectivity index (χ1) is 14.9. The second-order valence-electron chi connectivity index (χ2n) is 9.25. The zero-order valence-electron chi connectivity index (χ0n) is 18.8. The Balaban J connectivity index is 1.52. The molecule has 0 radical (unpaired) electrons. The fraction of sp³-hybridized carbons (Fsp3) is 0.462. The highest BCUT2D eigenvalue weighted by Gasteiger charge is 2.43. The minimum atomic E-state index is -0.287. The molecule has 1 fully saturated rings. The van der Waals surface area contributed by atoms with Crippen LogP contribution in [0, 0.1) is 11.2 Å². The van der Waals surface area contributed by atoms with Crippen molar-refractivity contribution in [3.8, 4) is 0 Å². The molecule has 1 aromatic carbocycles. The maximum absolute atomic E-state index is 13.2. The Morgan fingerprint density at radius 2 is 1.97 bits per heavy atom. The Kier molecular flexibility index (Phi) is 6.35. The number of benzene rings is 1. The number of hydrogen-bond donors (Lipinski definition) is 0. The van der Waals surface area contributed by atoms with Gasteiger partial charge in [0.25, 0.3) is 0 Å². The molecule has 3 heterocycles. The van der Waals surface area contributed by atoms with Crippen molar-refractivity contribution in [2.75, 3.05) is 26.3 Å². The van der Waals surface area contributed by atoms with E-state index in [1.807, 2.05) is 19.2 Å². The first-order valence-electron chi connectivity index (χ1n) is 11.2. The van der Waals surface area contributed by atoms with Crippen molar-refractivity contribution in [2.24, 2.45) is 5.41 Å². The summed E-state index contributed by atoms with van der Waals surface area (Å²) in [5, 5.41) is 1.18. The molecule has 4 rings (SSSR count). The lowest BCUT2D eigenvalue weighted by molar-refractivity contribution is 0.0383. The highest BCUT2D eigenvalue weighted by Crippen LogP contribution is 2.42. The highest BCUT2D eigenvalue weighted by molar-refractivity contribution is 5.78. The fourth-order valence-electron chi connectivity index (χ4n) is 4.66. The predicted molar refractivity (Wildman–Crippen MR) is 122 cm³/mol. The van der Waals surface area contributed by atoms with Gasteiger partial charge in [-0.05, 0) is 76.4 Å². The van der Waals surface area contributed by atoms with Crippen LogP contribution < -0.4 is 0 Å².